The number of hydrogen-bond donors (Lipinski definition) is 0. The van der Waals surface area contributed by atoms with Crippen LogP contribution in [0.2, 0.25) is 0 Å². The van der Waals surface area contributed by atoms with Gasteiger partial charge in [-0.25, -0.2) is 5.01 Å². The van der Waals surface area contributed by atoms with Gasteiger partial charge in [-0.15, -0.1) is 0 Å². The molecule has 2 aromatic rings. The van der Waals surface area contributed by atoms with Crippen LogP contribution >= 0.6 is 0 Å². The number of rotatable bonds is 4. The van der Waals surface area contributed by atoms with Crippen molar-refractivity contribution in [2.45, 2.75) is 52.5 Å². The van der Waals surface area contributed by atoms with E-state index in [1.165, 1.54) is 41.5 Å². The van der Waals surface area contributed by atoms with E-state index in [4.69, 9.17) is 5.10 Å². The fourth-order valence-electron chi connectivity index (χ4n) is 4.48. The standard InChI is InChI=1S/C25H31N3O/c1-18-8-7-9-21(14-18)23-16-24(22-15-19(2)10-11-20(22)3)28(26-23)25(29)17-27-12-5-4-6-13-27/h7-11,14-15,24H,4-6,12-13,16-17H2,1-3H3/t24-/m0/s1. The summed E-state index contributed by atoms with van der Waals surface area (Å²) in [5.74, 6) is 0.112. The van der Waals surface area contributed by atoms with Crippen molar-refractivity contribution in [2.75, 3.05) is 19.6 Å². The number of hydrogen-bond acceptors (Lipinski definition) is 3. The number of hydrazone groups is 1. The van der Waals surface area contributed by atoms with Crippen LogP contribution in [0.15, 0.2) is 47.6 Å². The van der Waals surface area contributed by atoms with E-state index in [0.29, 0.717) is 6.54 Å². The van der Waals surface area contributed by atoms with E-state index in [-0.39, 0.29) is 11.9 Å². The summed E-state index contributed by atoms with van der Waals surface area (Å²) in [6.07, 6.45) is 4.41. The summed E-state index contributed by atoms with van der Waals surface area (Å²) < 4.78 is 0. The van der Waals surface area contributed by atoms with Crippen molar-refractivity contribution in [1.82, 2.24) is 9.91 Å². The van der Waals surface area contributed by atoms with Gasteiger partial charge in [0.1, 0.15) is 0 Å². The average molecular weight is 390 g/mol. The molecule has 2 aromatic carbocycles. The summed E-state index contributed by atoms with van der Waals surface area (Å²) in [4.78, 5) is 15.6. The lowest BCUT2D eigenvalue weighted by Crippen LogP contribution is -2.40. The zero-order chi connectivity index (χ0) is 20.4. The Kier molecular flexibility index (Phi) is 5.81. The molecule has 0 aromatic heterocycles. The molecule has 0 aliphatic carbocycles. The number of carbonyl (C=O) groups is 1. The largest absolute Gasteiger partial charge is 0.294 e. The third-order valence-electron chi connectivity index (χ3n) is 6.12. The summed E-state index contributed by atoms with van der Waals surface area (Å²) in [7, 11) is 0. The van der Waals surface area contributed by atoms with E-state index in [1.807, 2.05) is 0 Å². The van der Waals surface area contributed by atoms with Crippen molar-refractivity contribution in [3.05, 3.63) is 70.3 Å². The minimum atomic E-state index is -0.0253. The monoisotopic (exact) mass is 389 g/mol. The van der Waals surface area contributed by atoms with Gasteiger partial charge in [0.25, 0.3) is 5.91 Å². The third-order valence-corrected chi connectivity index (χ3v) is 6.12. The molecule has 2 aliphatic heterocycles. The van der Waals surface area contributed by atoms with Crippen molar-refractivity contribution in [1.29, 1.82) is 0 Å². The summed E-state index contributed by atoms with van der Waals surface area (Å²) in [6.45, 7) is 8.84. The smallest absolute Gasteiger partial charge is 0.257 e. The highest BCUT2D eigenvalue weighted by atomic mass is 16.2. The van der Waals surface area contributed by atoms with Crippen molar-refractivity contribution in [3.8, 4) is 0 Å². The zero-order valence-electron chi connectivity index (χ0n) is 17.8. The molecule has 1 saturated heterocycles. The Morgan fingerprint density at radius 2 is 1.76 bits per heavy atom. The van der Waals surface area contributed by atoms with Crippen LogP contribution in [0.3, 0.4) is 0 Å². The van der Waals surface area contributed by atoms with E-state index >= 15 is 0 Å². The Morgan fingerprint density at radius 1 is 1.00 bits per heavy atom. The molecule has 0 spiro atoms. The normalized spacial score (nSPS) is 20.0. The van der Waals surface area contributed by atoms with Gasteiger partial charge in [0.15, 0.2) is 0 Å². The van der Waals surface area contributed by atoms with Crippen LogP contribution in [0, 0.1) is 20.8 Å². The van der Waals surface area contributed by atoms with Gasteiger partial charge in [-0.05, 0) is 63.4 Å². The number of benzene rings is 2. The molecule has 1 amide bonds. The van der Waals surface area contributed by atoms with E-state index in [1.54, 1.807) is 5.01 Å². The number of carbonyl (C=O) groups excluding carboxylic acids is 1. The molecule has 2 heterocycles. The number of piperidine rings is 1. The summed E-state index contributed by atoms with van der Waals surface area (Å²) >= 11 is 0. The lowest BCUT2D eigenvalue weighted by Gasteiger charge is -2.29. The molecule has 2 aliphatic rings. The van der Waals surface area contributed by atoms with Crippen LogP contribution in [0.4, 0.5) is 0 Å². The van der Waals surface area contributed by atoms with Gasteiger partial charge >= 0.3 is 0 Å². The minimum Gasteiger partial charge on any atom is -0.294 e. The molecule has 4 heteroatoms. The fraction of sp³-hybridized carbons (Fsp3) is 0.440. The Morgan fingerprint density at radius 3 is 2.52 bits per heavy atom. The van der Waals surface area contributed by atoms with Gasteiger partial charge in [-0.2, -0.15) is 5.10 Å². The van der Waals surface area contributed by atoms with E-state index in [2.05, 4.69) is 68.1 Å². The second-order valence-electron chi connectivity index (χ2n) is 8.57. The van der Waals surface area contributed by atoms with Gasteiger partial charge in [0, 0.05) is 6.42 Å². The molecule has 1 fully saturated rings. The average Bonchev–Trinajstić information content (AvgIpc) is 3.16. The molecule has 0 bridgehead atoms. The predicted octanol–water partition coefficient (Wildman–Crippen LogP) is 4.78. The molecule has 152 valence electrons. The Balaban J connectivity index is 1.65. The molecule has 0 N–H and O–H groups in total. The van der Waals surface area contributed by atoms with Gasteiger partial charge < -0.3 is 0 Å². The first-order valence-electron chi connectivity index (χ1n) is 10.8. The highest BCUT2D eigenvalue weighted by Crippen LogP contribution is 2.35. The molecule has 0 saturated carbocycles. The number of amides is 1. The SMILES string of the molecule is Cc1cccc(C2=NN(C(=O)CN3CCCCC3)[C@H](c3cc(C)ccc3C)C2)c1. The first kappa shape index (κ1) is 19.8. The summed E-state index contributed by atoms with van der Waals surface area (Å²) in [5, 5.41) is 6.64. The van der Waals surface area contributed by atoms with Crippen LogP contribution in [-0.4, -0.2) is 41.2 Å². The molecule has 4 nitrogen and oxygen atoms in total. The Hall–Kier alpha value is -2.46. The molecule has 0 unspecified atom stereocenters. The maximum Gasteiger partial charge on any atom is 0.257 e. The van der Waals surface area contributed by atoms with Crippen LogP contribution in [0.25, 0.3) is 0 Å². The maximum atomic E-state index is 13.3. The van der Waals surface area contributed by atoms with Gasteiger partial charge in [0.05, 0.1) is 18.3 Å². The maximum absolute atomic E-state index is 13.3. The predicted molar refractivity (Wildman–Crippen MR) is 118 cm³/mol. The highest BCUT2D eigenvalue weighted by molar-refractivity contribution is 6.03. The summed E-state index contributed by atoms with van der Waals surface area (Å²) in [6, 6.07) is 14.9. The van der Waals surface area contributed by atoms with Crippen LogP contribution in [-0.2, 0) is 4.79 Å². The van der Waals surface area contributed by atoms with Crippen LogP contribution in [0.5, 0.6) is 0 Å². The second-order valence-corrected chi connectivity index (χ2v) is 8.57. The van der Waals surface area contributed by atoms with Crippen molar-refractivity contribution < 1.29 is 4.79 Å². The van der Waals surface area contributed by atoms with Gasteiger partial charge in [0.2, 0.25) is 0 Å². The van der Waals surface area contributed by atoms with Crippen LogP contribution in [0.1, 0.15) is 59.5 Å². The molecular formula is C25H31N3O. The van der Waals surface area contributed by atoms with E-state index < -0.39 is 0 Å². The van der Waals surface area contributed by atoms with Gasteiger partial charge in [-0.1, -0.05) is 60.0 Å². The topological polar surface area (TPSA) is 35.9 Å². The van der Waals surface area contributed by atoms with Crippen LogP contribution < -0.4 is 0 Å². The van der Waals surface area contributed by atoms with Crippen molar-refractivity contribution >= 4 is 11.6 Å². The molecule has 1 atom stereocenters. The van der Waals surface area contributed by atoms with E-state index in [9.17, 15) is 4.79 Å². The first-order chi connectivity index (χ1) is 14.0. The lowest BCUT2D eigenvalue weighted by molar-refractivity contribution is -0.134. The fourth-order valence-corrected chi connectivity index (χ4v) is 4.48. The van der Waals surface area contributed by atoms with E-state index in [0.717, 1.165) is 30.8 Å². The highest BCUT2D eigenvalue weighted by Gasteiger charge is 2.34. The second kappa shape index (κ2) is 8.50. The number of likely N-dealkylation sites (tertiary alicyclic amines) is 1. The lowest BCUT2D eigenvalue weighted by atomic mass is 9.93. The zero-order valence-corrected chi connectivity index (χ0v) is 17.8. The number of nitrogens with zero attached hydrogens (tertiary/aromatic N) is 3. The Labute approximate surface area is 174 Å². The molecule has 4 rings (SSSR count). The molecule has 0 radical (unpaired) electrons. The molecular weight excluding hydrogens is 358 g/mol. The van der Waals surface area contributed by atoms with Crippen molar-refractivity contribution in [2.24, 2.45) is 5.10 Å². The van der Waals surface area contributed by atoms with Crippen molar-refractivity contribution in [3.63, 3.8) is 0 Å². The third kappa shape index (κ3) is 4.43. The number of aryl methyl sites for hydroxylation is 3. The quantitative estimate of drug-likeness (QED) is 0.755. The first-order valence-corrected chi connectivity index (χ1v) is 10.8. The summed E-state index contributed by atoms with van der Waals surface area (Å²) in [5.41, 5.74) is 6.99. The minimum absolute atomic E-state index is 0.0253. The molecule has 29 heavy (non-hydrogen) atoms. The van der Waals surface area contributed by atoms with Gasteiger partial charge in [-0.3, -0.25) is 9.69 Å². The Bertz CT molecular complexity index is 927.